The highest BCUT2D eigenvalue weighted by Gasteiger charge is 2.43. The molecule has 110 valence electrons. The van der Waals surface area contributed by atoms with Crippen molar-refractivity contribution in [2.75, 3.05) is 20.2 Å². The zero-order valence-electron chi connectivity index (χ0n) is 12.1. The zero-order chi connectivity index (χ0) is 14.6. The number of likely N-dealkylation sites (tertiary alicyclic amines) is 1. The number of aromatic nitrogens is 1. The van der Waals surface area contributed by atoms with Crippen molar-refractivity contribution in [1.29, 1.82) is 0 Å². The van der Waals surface area contributed by atoms with Gasteiger partial charge in [-0.3, -0.25) is 9.69 Å². The predicted octanol–water partition coefficient (Wildman–Crippen LogP) is 2.17. The second-order valence-electron chi connectivity index (χ2n) is 5.50. The van der Waals surface area contributed by atoms with Gasteiger partial charge in [-0.15, -0.1) is 0 Å². The molecule has 1 aliphatic rings. The fourth-order valence-electron chi connectivity index (χ4n) is 2.94. The lowest BCUT2D eigenvalue weighted by molar-refractivity contribution is -0.148. The van der Waals surface area contributed by atoms with Crippen molar-refractivity contribution >= 4 is 5.97 Å². The molecule has 1 fully saturated rings. The number of aliphatic carboxylic acids is 1. The molecule has 1 N–H and O–H groups in total. The van der Waals surface area contributed by atoms with Gasteiger partial charge in [0, 0.05) is 25.4 Å². The third kappa shape index (κ3) is 3.10. The molecular weight excluding hydrogens is 256 g/mol. The van der Waals surface area contributed by atoms with E-state index in [0.717, 1.165) is 37.9 Å². The Balaban J connectivity index is 1.99. The summed E-state index contributed by atoms with van der Waals surface area (Å²) < 4.78 is 5.03. The average Bonchev–Trinajstić information content (AvgIpc) is 2.84. The Bertz CT molecular complexity index is 461. The molecule has 20 heavy (non-hydrogen) atoms. The summed E-state index contributed by atoms with van der Waals surface area (Å²) >= 11 is 0. The van der Waals surface area contributed by atoms with E-state index in [1.807, 2.05) is 19.1 Å². The normalized spacial score (nSPS) is 22.9. The Morgan fingerprint density at radius 3 is 2.90 bits per heavy atom. The molecule has 2 rings (SSSR count). The predicted molar refractivity (Wildman–Crippen MR) is 75.7 cm³/mol. The lowest BCUT2D eigenvalue weighted by atomic mass is 9.83. The lowest BCUT2D eigenvalue weighted by Gasteiger charge is -2.24. The number of rotatable bonds is 6. The maximum Gasteiger partial charge on any atom is 0.310 e. The Morgan fingerprint density at radius 1 is 1.55 bits per heavy atom. The fraction of sp³-hybridized carbons (Fsp3) is 0.600. The van der Waals surface area contributed by atoms with Gasteiger partial charge in [-0.05, 0) is 24.9 Å². The second-order valence-corrected chi connectivity index (χ2v) is 5.50. The van der Waals surface area contributed by atoms with Crippen LogP contribution < -0.4 is 4.74 Å². The van der Waals surface area contributed by atoms with Crippen LogP contribution in [0.15, 0.2) is 18.3 Å². The first-order chi connectivity index (χ1) is 9.59. The van der Waals surface area contributed by atoms with Crippen molar-refractivity contribution in [3.8, 4) is 5.88 Å². The Morgan fingerprint density at radius 2 is 2.35 bits per heavy atom. The summed E-state index contributed by atoms with van der Waals surface area (Å²) in [5.41, 5.74) is 0.526. The molecule has 1 aliphatic heterocycles. The molecule has 5 nitrogen and oxygen atoms in total. The molecule has 1 saturated heterocycles. The number of carboxylic acid groups (broad SMARTS) is 1. The van der Waals surface area contributed by atoms with E-state index in [9.17, 15) is 9.90 Å². The van der Waals surface area contributed by atoms with E-state index in [4.69, 9.17) is 4.74 Å². The van der Waals surface area contributed by atoms with Crippen LogP contribution in [0, 0.1) is 5.41 Å². The van der Waals surface area contributed by atoms with E-state index >= 15 is 0 Å². The van der Waals surface area contributed by atoms with Gasteiger partial charge in [-0.2, -0.15) is 0 Å². The summed E-state index contributed by atoms with van der Waals surface area (Å²) in [5.74, 6) is -0.0595. The van der Waals surface area contributed by atoms with Gasteiger partial charge in [0.25, 0.3) is 0 Å². The van der Waals surface area contributed by atoms with Crippen LogP contribution in [-0.2, 0) is 11.3 Å². The standard InChI is InChI=1S/C15H22N2O3/c1-3-6-15(14(18)19)7-8-17(11-15)10-12-4-5-13(20-2)16-9-12/h4-5,9H,3,6-8,10-11H2,1-2H3,(H,18,19). The number of hydrogen-bond acceptors (Lipinski definition) is 4. The highest BCUT2D eigenvalue weighted by Crippen LogP contribution is 2.36. The number of pyridine rings is 1. The quantitative estimate of drug-likeness (QED) is 0.864. The number of methoxy groups -OCH3 is 1. The topological polar surface area (TPSA) is 62.7 Å². The highest BCUT2D eigenvalue weighted by atomic mass is 16.5. The minimum absolute atomic E-state index is 0.561. The Kier molecular flexibility index (Phi) is 4.60. The van der Waals surface area contributed by atoms with E-state index in [1.165, 1.54) is 0 Å². The van der Waals surface area contributed by atoms with Crippen molar-refractivity contribution in [3.63, 3.8) is 0 Å². The van der Waals surface area contributed by atoms with E-state index in [-0.39, 0.29) is 0 Å². The molecule has 0 bridgehead atoms. The molecule has 5 heteroatoms. The molecule has 2 heterocycles. The molecule has 1 unspecified atom stereocenters. The number of carboxylic acids is 1. The molecule has 1 atom stereocenters. The van der Waals surface area contributed by atoms with Gasteiger partial charge in [0.05, 0.1) is 12.5 Å². The molecule has 1 aromatic heterocycles. The summed E-state index contributed by atoms with van der Waals surface area (Å²) in [4.78, 5) is 17.9. The summed E-state index contributed by atoms with van der Waals surface area (Å²) in [6.45, 7) is 4.25. The average molecular weight is 278 g/mol. The summed E-state index contributed by atoms with van der Waals surface area (Å²) in [5, 5.41) is 9.49. The zero-order valence-corrected chi connectivity index (χ0v) is 12.1. The van der Waals surface area contributed by atoms with Gasteiger partial charge >= 0.3 is 5.97 Å². The van der Waals surface area contributed by atoms with Gasteiger partial charge in [0.2, 0.25) is 5.88 Å². The number of hydrogen-bond donors (Lipinski definition) is 1. The summed E-state index contributed by atoms with van der Waals surface area (Å²) in [6.07, 6.45) is 4.18. The smallest absolute Gasteiger partial charge is 0.310 e. The third-order valence-corrected chi connectivity index (χ3v) is 4.03. The molecule has 0 saturated carbocycles. The van der Waals surface area contributed by atoms with Crippen LogP contribution in [0.4, 0.5) is 0 Å². The Hall–Kier alpha value is -1.62. The molecular formula is C15H22N2O3. The summed E-state index contributed by atoms with van der Waals surface area (Å²) in [7, 11) is 1.59. The molecule has 1 aromatic rings. The fourth-order valence-corrected chi connectivity index (χ4v) is 2.94. The van der Waals surface area contributed by atoms with Gasteiger partial charge < -0.3 is 9.84 Å². The first kappa shape index (κ1) is 14.8. The number of carbonyl (C=O) groups is 1. The van der Waals surface area contributed by atoms with Crippen LogP contribution >= 0.6 is 0 Å². The van der Waals surface area contributed by atoms with Crippen LogP contribution in [0.25, 0.3) is 0 Å². The first-order valence-electron chi connectivity index (χ1n) is 7.04. The second kappa shape index (κ2) is 6.22. The van der Waals surface area contributed by atoms with E-state index in [0.29, 0.717) is 12.4 Å². The van der Waals surface area contributed by atoms with Crippen molar-refractivity contribution < 1.29 is 14.6 Å². The van der Waals surface area contributed by atoms with E-state index in [2.05, 4.69) is 9.88 Å². The van der Waals surface area contributed by atoms with E-state index < -0.39 is 11.4 Å². The molecule has 0 aliphatic carbocycles. The minimum atomic E-state index is -0.658. The third-order valence-electron chi connectivity index (χ3n) is 4.03. The molecule has 0 spiro atoms. The van der Waals surface area contributed by atoms with Crippen LogP contribution in [-0.4, -0.2) is 41.2 Å². The van der Waals surface area contributed by atoms with Crippen LogP contribution in [0.3, 0.4) is 0 Å². The monoisotopic (exact) mass is 278 g/mol. The van der Waals surface area contributed by atoms with Crippen molar-refractivity contribution in [1.82, 2.24) is 9.88 Å². The van der Waals surface area contributed by atoms with Gasteiger partial charge in [-0.1, -0.05) is 19.4 Å². The van der Waals surface area contributed by atoms with Crippen molar-refractivity contribution in [3.05, 3.63) is 23.9 Å². The van der Waals surface area contributed by atoms with Crippen LogP contribution in [0.5, 0.6) is 5.88 Å². The number of ether oxygens (including phenoxy) is 1. The van der Waals surface area contributed by atoms with Crippen molar-refractivity contribution in [2.45, 2.75) is 32.7 Å². The van der Waals surface area contributed by atoms with Gasteiger partial charge in [0.15, 0.2) is 0 Å². The van der Waals surface area contributed by atoms with E-state index in [1.54, 1.807) is 13.3 Å². The molecule has 0 aromatic carbocycles. The van der Waals surface area contributed by atoms with Crippen molar-refractivity contribution in [2.24, 2.45) is 5.41 Å². The first-order valence-corrected chi connectivity index (χ1v) is 7.04. The lowest BCUT2D eigenvalue weighted by Crippen LogP contribution is -2.34. The SMILES string of the molecule is CCCC1(C(=O)O)CCN(Cc2ccc(OC)nc2)C1. The highest BCUT2D eigenvalue weighted by molar-refractivity contribution is 5.75. The molecule has 0 radical (unpaired) electrons. The minimum Gasteiger partial charge on any atom is -0.481 e. The van der Waals surface area contributed by atoms with Crippen LogP contribution in [0.2, 0.25) is 0 Å². The Labute approximate surface area is 119 Å². The number of nitrogens with zero attached hydrogens (tertiary/aromatic N) is 2. The molecule has 0 amide bonds. The largest absolute Gasteiger partial charge is 0.481 e. The van der Waals surface area contributed by atoms with Gasteiger partial charge in [-0.25, -0.2) is 4.98 Å². The summed E-state index contributed by atoms with van der Waals surface area (Å²) in [6, 6.07) is 3.81. The maximum atomic E-state index is 11.5. The van der Waals surface area contributed by atoms with Crippen LogP contribution in [0.1, 0.15) is 31.7 Å². The maximum absolute atomic E-state index is 11.5. The van der Waals surface area contributed by atoms with Gasteiger partial charge in [0.1, 0.15) is 0 Å².